The lowest BCUT2D eigenvalue weighted by atomic mass is 10.1. The molecular weight excluding hydrogens is 392 g/mol. The van der Waals surface area contributed by atoms with Crippen LogP contribution >= 0.6 is 24.0 Å². The van der Waals surface area contributed by atoms with Gasteiger partial charge in [-0.3, -0.25) is 14.5 Å². The zero-order chi connectivity index (χ0) is 19.7. The molecule has 0 saturated carbocycles. The molecule has 0 bridgehead atoms. The van der Waals surface area contributed by atoms with Crippen LogP contribution in [0.4, 0.5) is 11.4 Å². The lowest BCUT2D eigenvalue weighted by Gasteiger charge is -2.16. The highest BCUT2D eigenvalue weighted by atomic mass is 32.2. The predicted molar refractivity (Wildman–Crippen MR) is 116 cm³/mol. The van der Waals surface area contributed by atoms with Gasteiger partial charge in [0.2, 0.25) is 5.91 Å². The highest BCUT2D eigenvalue weighted by Crippen LogP contribution is 2.37. The van der Waals surface area contributed by atoms with Crippen molar-refractivity contribution in [3.05, 3.63) is 70.6 Å². The van der Waals surface area contributed by atoms with E-state index < -0.39 is 0 Å². The van der Waals surface area contributed by atoms with E-state index in [1.54, 1.807) is 24.3 Å². The third-order valence-corrected chi connectivity index (χ3v) is 5.51. The van der Waals surface area contributed by atoms with E-state index in [9.17, 15) is 9.59 Å². The van der Waals surface area contributed by atoms with Gasteiger partial charge in [-0.05, 0) is 48.1 Å². The third-order valence-electron chi connectivity index (χ3n) is 4.21. The Morgan fingerprint density at radius 1 is 1.21 bits per heavy atom. The van der Waals surface area contributed by atoms with Crippen LogP contribution in [0.5, 0.6) is 5.75 Å². The Hall–Kier alpha value is -2.90. The molecule has 1 N–H and O–H groups in total. The van der Waals surface area contributed by atoms with Gasteiger partial charge >= 0.3 is 0 Å². The maximum absolute atomic E-state index is 12.9. The summed E-state index contributed by atoms with van der Waals surface area (Å²) in [5, 5.41) is 2.70. The first-order valence-electron chi connectivity index (χ1n) is 8.59. The van der Waals surface area contributed by atoms with Crippen LogP contribution in [0.3, 0.4) is 0 Å². The number of thiocarbonyl (C=S) groups is 1. The summed E-state index contributed by atoms with van der Waals surface area (Å²) in [5.74, 6) is 0.527. The number of nitrogens with zero attached hydrogens (tertiary/aromatic N) is 1. The minimum Gasteiger partial charge on any atom is -0.488 e. The molecule has 1 saturated heterocycles. The molecule has 0 atom stereocenters. The number of amides is 2. The van der Waals surface area contributed by atoms with Crippen LogP contribution in [0.2, 0.25) is 0 Å². The summed E-state index contributed by atoms with van der Waals surface area (Å²) in [6, 6.07) is 14.8. The quantitative estimate of drug-likeness (QED) is 0.604. The number of benzene rings is 2. The molecule has 2 heterocycles. The zero-order valence-corrected chi connectivity index (χ0v) is 16.6. The smallest absolute Gasteiger partial charge is 0.270 e. The molecule has 5 nitrogen and oxygen atoms in total. The third kappa shape index (κ3) is 3.72. The lowest BCUT2D eigenvalue weighted by molar-refractivity contribution is -0.114. The van der Waals surface area contributed by atoms with Crippen LogP contribution < -0.4 is 15.0 Å². The summed E-state index contributed by atoms with van der Waals surface area (Å²) in [4.78, 5) is 26.1. The predicted octanol–water partition coefficient (Wildman–Crippen LogP) is 4.37. The van der Waals surface area contributed by atoms with E-state index in [2.05, 4.69) is 5.32 Å². The van der Waals surface area contributed by atoms with E-state index in [0.717, 1.165) is 16.9 Å². The van der Waals surface area contributed by atoms with Crippen molar-refractivity contribution < 1.29 is 14.3 Å². The zero-order valence-electron chi connectivity index (χ0n) is 15.0. The summed E-state index contributed by atoms with van der Waals surface area (Å²) in [7, 11) is 0. The van der Waals surface area contributed by atoms with Crippen LogP contribution in [0.25, 0.3) is 6.08 Å². The van der Waals surface area contributed by atoms with Gasteiger partial charge in [0, 0.05) is 18.2 Å². The summed E-state index contributed by atoms with van der Waals surface area (Å²) < 4.78 is 6.22. The second-order valence-electron chi connectivity index (χ2n) is 6.29. The number of para-hydroxylation sites is 1. The van der Waals surface area contributed by atoms with Crippen molar-refractivity contribution in [2.75, 3.05) is 16.8 Å². The number of rotatable bonds is 3. The van der Waals surface area contributed by atoms with Gasteiger partial charge in [0.25, 0.3) is 5.91 Å². The number of carbonyl (C=O) groups is 2. The van der Waals surface area contributed by atoms with Crippen LogP contribution in [-0.2, 0) is 9.59 Å². The first-order valence-corrected chi connectivity index (χ1v) is 9.82. The molecule has 0 unspecified atom stereocenters. The van der Waals surface area contributed by atoms with Gasteiger partial charge in [0.15, 0.2) is 4.32 Å². The molecule has 2 aromatic carbocycles. The van der Waals surface area contributed by atoms with Crippen molar-refractivity contribution in [3.63, 3.8) is 0 Å². The Kier molecular flexibility index (Phi) is 5.02. The normalized spacial score (nSPS) is 17.2. The lowest BCUT2D eigenvalue weighted by Crippen LogP contribution is -2.27. The molecule has 2 aromatic rings. The molecule has 0 radical (unpaired) electrons. The van der Waals surface area contributed by atoms with Crippen LogP contribution in [0.1, 0.15) is 12.5 Å². The van der Waals surface area contributed by atoms with E-state index >= 15 is 0 Å². The first kappa shape index (κ1) is 18.5. The number of fused-ring (bicyclic) bond motifs is 1. The van der Waals surface area contributed by atoms with Crippen molar-refractivity contribution in [3.8, 4) is 5.75 Å². The monoisotopic (exact) mass is 408 g/mol. The maximum atomic E-state index is 12.9. The molecule has 1 fully saturated rings. The molecule has 2 amide bonds. The number of hydrogen-bond donors (Lipinski definition) is 1. The molecular formula is C21H16N2O3S2. The average Bonchev–Trinajstić information content (AvgIpc) is 2.95. The Labute approximate surface area is 172 Å². The highest BCUT2D eigenvalue weighted by molar-refractivity contribution is 8.27. The number of carbonyl (C=O) groups excluding carboxylic acids is 2. The maximum Gasteiger partial charge on any atom is 0.270 e. The van der Waals surface area contributed by atoms with Crippen molar-refractivity contribution >= 4 is 57.6 Å². The summed E-state index contributed by atoms with van der Waals surface area (Å²) in [5.41, 5.74) is 3.24. The van der Waals surface area contributed by atoms with E-state index in [0.29, 0.717) is 27.2 Å². The van der Waals surface area contributed by atoms with Gasteiger partial charge in [-0.1, -0.05) is 42.2 Å². The van der Waals surface area contributed by atoms with Crippen molar-refractivity contribution in [1.82, 2.24) is 0 Å². The van der Waals surface area contributed by atoms with Gasteiger partial charge in [0.05, 0.1) is 10.6 Å². The second-order valence-corrected chi connectivity index (χ2v) is 7.97. The summed E-state index contributed by atoms with van der Waals surface area (Å²) >= 11 is 6.69. The Bertz CT molecular complexity index is 1040. The molecule has 4 rings (SSSR count). The van der Waals surface area contributed by atoms with Crippen LogP contribution in [-0.4, -0.2) is 22.7 Å². The number of nitrogens with one attached hydrogen (secondary N) is 1. The first-order chi connectivity index (χ1) is 13.5. The van der Waals surface area contributed by atoms with Gasteiger partial charge in [-0.2, -0.15) is 0 Å². The summed E-state index contributed by atoms with van der Waals surface area (Å²) in [6.45, 7) is 1.86. The van der Waals surface area contributed by atoms with Gasteiger partial charge in [-0.15, -0.1) is 0 Å². The van der Waals surface area contributed by atoms with E-state index in [4.69, 9.17) is 17.0 Å². The molecule has 7 heteroatoms. The minimum atomic E-state index is -0.165. The van der Waals surface area contributed by atoms with Crippen molar-refractivity contribution in [2.45, 2.75) is 6.92 Å². The second kappa shape index (κ2) is 7.61. The minimum absolute atomic E-state index is 0.147. The average molecular weight is 409 g/mol. The molecule has 2 aliphatic rings. The molecule has 0 aromatic heterocycles. The number of hydrogen-bond acceptors (Lipinski definition) is 5. The summed E-state index contributed by atoms with van der Waals surface area (Å²) in [6.07, 6.45) is 3.86. The SMILES string of the molecule is CC(=O)Nc1ccc(N2C(=O)/C(=C/C3=Cc4ccccc4OC3)SC2=S)cc1. The van der Waals surface area contributed by atoms with Crippen molar-refractivity contribution in [2.24, 2.45) is 0 Å². The fraction of sp³-hybridized carbons (Fsp3) is 0.0952. The van der Waals surface area contributed by atoms with Crippen LogP contribution in [0.15, 0.2) is 65.1 Å². The van der Waals surface area contributed by atoms with E-state index in [1.807, 2.05) is 36.4 Å². The molecule has 140 valence electrons. The molecule has 2 aliphatic heterocycles. The molecule has 0 spiro atoms. The number of anilines is 2. The van der Waals surface area contributed by atoms with E-state index in [-0.39, 0.29) is 11.8 Å². The van der Waals surface area contributed by atoms with Gasteiger partial charge in [-0.25, -0.2) is 0 Å². The van der Waals surface area contributed by atoms with Crippen molar-refractivity contribution in [1.29, 1.82) is 0 Å². The fourth-order valence-electron chi connectivity index (χ4n) is 2.97. The largest absolute Gasteiger partial charge is 0.488 e. The topological polar surface area (TPSA) is 58.6 Å². The number of ether oxygens (including phenoxy) is 1. The molecule has 0 aliphatic carbocycles. The standard InChI is InChI=1S/C21H16N2O3S2/c1-13(24)22-16-6-8-17(9-7-16)23-20(25)19(28-21(23)27)11-14-10-15-4-2-3-5-18(15)26-12-14/h2-11H,12H2,1H3,(H,22,24)/b19-11-. The highest BCUT2D eigenvalue weighted by Gasteiger charge is 2.33. The fourth-order valence-corrected chi connectivity index (χ4v) is 4.29. The molecule has 28 heavy (non-hydrogen) atoms. The Balaban J connectivity index is 1.57. The Morgan fingerprint density at radius 2 is 1.96 bits per heavy atom. The number of thioether (sulfide) groups is 1. The van der Waals surface area contributed by atoms with Gasteiger partial charge in [0.1, 0.15) is 12.4 Å². The van der Waals surface area contributed by atoms with Gasteiger partial charge < -0.3 is 10.1 Å². The Morgan fingerprint density at radius 3 is 2.71 bits per heavy atom. The van der Waals surface area contributed by atoms with Crippen LogP contribution in [0, 0.1) is 0 Å². The van der Waals surface area contributed by atoms with E-state index in [1.165, 1.54) is 23.6 Å².